The van der Waals surface area contributed by atoms with Gasteiger partial charge in [-0.2, -0.15) is 0 Å². The van der Waals surface area contributed by atoms with E-state index in [2.05, 4.69) is 31.3 Å². The number of carbonyl (C=O) groups is 2. The first kappa shape index (κ1) is 21.5. The topological polar surface area (TPSA) is 104 Å². The molecule has 0 unspecified atom stereocenters. The van der Waals surface area contributed by atoms with Gasteiger partial charge in [-0.1, -0.05) is 28.1 Å². The van der Waals surface area contributed by atoms with Crippen molar-refractivity contribution < 1.29 is 18.0 Å². The maximum absolute atomic E-state index is 12.7. The van der Waals surface area contributed by atoms with E-state index in [1.165, 1.54) is 25.1 Å². The van der Waals surface area contributed by atoms with Crippen LogP contribution in [0.3, 0.4) is 0 Å². The Kier molecular flexibility index (Phi) is 6.53. The van der Waals surface area contributed by atoms with E-state index in [4.69, 9.17) is 0 Å². The fourth-order valence-electron chi connectivity index (χ4n) is 2.62. The van der Waals surface area contributed by atoms with Crippen LogP contribution >= 0.6 is 15.9 Å². The Bertz CT molecular complexity index is 1190. The molecule has 3 aromatic rings. The molecule has 0 aromatic heterocycles. The van der Waals surface area contributed by atoms with Gasteiger partial charge in [0, 0.05) is 34.0 Å². The summed E-state index contributed by atoms with van der Waals surface area (Å²) in [7, 11) is -3.83. The van der Waals surface area contributed by atoms with E-state index < -0.39 is 15.9 Å². The standard InChI is InChI=1S/C21H18BrN3O4S/c1-14(26)23-18-5-2-4-15(12-18)21(27)24-19-6-3-7-20(13-19)30(28,29)25-17-10-8-16(22)9-11-17/h2-13,25H,1H3,(H,23,26)(H,24,27). The number of carbonyl (C=O) groups excluding carboxylic acids is 2. The highest BCUT2D eigenvalue weighted by Gasteiger charge is 2.16. The fraction of sp³-hybridized carbons (Fsp3) is 0.0476. The van der Waals surface area contributed by atoms with Crippen LogP contribution in [-0.4, -0.2) is 20.2 Å². The molecule has 9 heteroatoms. The summed E-state index contributed by atoms with van der Waals surface area (Å²) in [6, 6.07) is 19.1. The van der Waals surface area contributed by atoms with Gasteiger partial charge in [-0.25, -0.2) is 8.42 Å². The Hall–Kier alpha value is -3.17. The predicted molar refractivity (Wildman–Crippen MR) is 120 cm³/mol. The Morgan fingerprint density at radius 2 is 1.43 bits per heavy atom. The zero-order valence-corrected chi connectivity index (χ0v) is 18.2. The van der Waals surface area contributed by atoms with Crippen molar-refractivity contribution in [2.75, 3.05) is 15.4 Å². The zero-order chi connectivity index (χ0) is 21.7. The molecule has 3 N–H and O–H groups in total. The first-order chi connectivity index (χ1) is 14.2. The summed E-state index contributed by atoms with van der Waals surface area (Å²) in [5.41, 5.74) is 1.55. The maximum atomic E-state index is 12.7. The molecular formula is C21H18BrN3O4S. The van der Waals surface area contributed by atoms with E-state index in [9.17, 15) is 18.0 Å². The van der Waals surface area contributed by atoms with Crippen LogP contribution in [-0.2, 0) is 14.8 Å². The van der Waals surface area contributed by atoms with Gasteiger partial charge < -0.3 is 10.6 Å². The minimum Gasteiger partial charge on any atom is -0.326 e. The monoisotopic (exact) mass is 487 g/mol. The highest BCUT2D eigenvalue weighted by Crippen LogP contribution is 2.21. The average Bonchev–Trinajstić information content (AvgIpc) is 2.69. The zero-order valence-electron chi connectivity index (χ0n) is 15.8. The molecule has 3 rings (SSSR count). The lowest BCUT2D eigenvalue weighted by atomic mass is 10.2. The van der Waals surface area contributed by atoms with E-state index >= 15 is 0 Å². The molecule has 0 fully saturated rings. The second kappa shape index (κ2) is 9.10. The van der Waals surface area contributed by atoms with Crippen molar-refractivity contribution in [2.24, 2.45) is 0 Å². The van der Waals surface area contributed by atoms with E-state index in [0.717, 1.165) is 4.47 Å². The minimum atomic E-state index is -3.83. The van der Waals surface area contributed by atoms with Crippen LogP contribution in [0.15, 0.2) is 82.2 Å². The number of anilines is 3. The first-order valence-electron chi connectivity index (χ1n) is 8.80. The number of halogens is 1. The van der Waals surface area contributed by atoms with Crippen molar-refractivity contribution in [1.29, 1.82) is 0 Å². The highest BCUT2D eigenvalue weighted by molar-refractivity contribution is 9.10. The molecular weight excluding hydrogens is 470 g/mol. The number of amides is 2. The minimum absolute atomic E-state index is 0.00946. The predicted octanol–water partition coefficient (Wildman–Crippen LogP) is 4.46. The summed E-state index contributed by atoms with van der Waals surface area (Å²) in [5.74, 6) is -0.679. The van der Waals surface area contributed by atoms with Crippen LogP contribution in [0.2, 0.25) is 0 Å². The normalized spacial score (nSPS) is 10.9. The van der Waals surface area contributed by atoms with Crippen molar-refractivity contribution >= 4 is 54.8 Å². The van der Waals surface area contributed by atoms with Crippen LogP contribution < -0.4 is 15.4 Å². The van der Waals surface area contributed by atoms with Crippen LogP contribution in [0.5, 0.6) is 0 Å². The Labute approximate surface area is 182 Å². The van der Waals surface area contributed by atoms with Gasteiger partial charge >= 0.3 is 0 Å². The summed E-state index contributed by atoms with van der Waals surface area (Å²) in [6.07, 6.45) is 0. The first-order valence-corrected chi connectivity index (χ1v) is 11.1. The van der Waals surface area contributed by atoms with Gasteiger partial charge in [-0.05, 0) is 60.7 Å². The van der Waals surface area contributed by atoms with E-state index in [1.807, 2.05) is 0 Å². The van der Waals surface area contributed by atoms with Crippen molar-refractivity contribution in [3.05, 3.63) is 82.8 Å². The molecule has 0 heterocycles. The second-order valence-electron chi connectivity index (χ2n) is 6.36. The quantitative estimate of drug-likeness (QED) is 0.477. The lowest BCUT2D eigenvalue weighted by Crippen LogP contribution is -2.15. The molecule has 0 atom stereocenters. The van der Waals surface area contributed by atoms with Gasteiger partial charge in [0.25, 0.3) is 15.9 Å². The number of nitrogens with one attached hydrogen (secondary N) is 3. The third-order valence-electron chi connectivity index (χ3n) is 3.94. The van der Waals surface area contributed by atoms with Gasteiger partial charge in [-0.15, -0.1) is 0 Å². The van der Waals surface area contributed by atoms with E-state index in [-0.39, 0.29) is 10.8 Å². The molecule has 0 saturated carbocycles. The molecule has 0 bridgehead atoms. The van der Waals surface area contributed by atoms with Gasteiger partial charge in [0.2, 0.25) is 5.91 Å². The summed E-state index contributed by atoms with van der Waals surface area (Å²) >= 11 is 3.30. The highest BCUT2D eigenvalue weighted by atomic mass is 79.9. The Balaban J connectivity index is 1.77. The molecule has 0 aliphatic rings. The average molecular weight is 488 g/mol. The summed E-state index contributed by atoms with van der Waals surface area (Å²) in [6.45, 7) is 1.38. The van der Waals surface area contributed by atoms with Crippen LogP contribution in [0.4, 0.5) is 17.1 Å². The maximum Gasteiger partial charge on any atom is 0.261 e. The lowest BCUT2D eigenvalue weighted by molar-refractivity contribution is -0.114. The summed E-state index contributed by atoms with van der Waals surface area (Å²) in [5, 5.41) is 5.28. The van der Waals surface area contributed by atoms with E-state index in [1.54, 1.807) is 54.6 Å². The molecule has 0 saturated heterocycles. The molecule has 2 amide bonds. The largest absolute Gasteiger partial charge is 0.326 e. The lowest BCUT2D eigenvalue weighted by Gasteiger charge is -2.11. The van der Waals surface area contributed by atoms with Crippen LogP contribution in [0, 0.1) is 0 Å². The molecule has 154 valence electrons. The number of rotatable bonds is 6. The van der Waals surface area contributed by atoms with Gasteiger partial charge in [0.05, 0.1) is 4.90 Å². The molecule has 0 aliphatic carbocycles. The second-order valence-corrected chi connectivity index (χ2v) is 8.95. The molecule has 0 spiro atoms. The number of benzene rings is 3. The summed E-state index contributed by atoms with van der Waals surface area (Å²) in [4.78, 5) is 23.7. The van der Waals surface area contributed by atoms with Crippen molar-refractivity contribution in [3.63, 3.8) is 0 Å². The van der Waals surface area contributed by atoms with Crippen LogP contribution in [0.25, 0.3) is 0 Å². The van der Waals surface area contributed by atoms with Gasteiger partial charge in [0.1, 0.15) is 0 Å². The Morgan fingerprint density at radius 1 is 0.800 bits per heavy atom. The van der Waals surface area contributed by atoms with Gasteiger partial charge in [-0.3, -0.25) is 14.3 Å². The van der Waals surface area contributed by atoms with Crippen molar-refractivity contribution in [2.45, 2.75) is 11.8 Å². The SMILES string of the molecule is CC(=O)Nc1cccc(C(=O)Nc2cccc(S(=O)(=O)Nc3ccc(Br)cc3)c2)c1. The summed E-state index contributed by atoms with van der Waals surface area (Å²) < 4.78 is 28.7. The van der Waals surface area contributed by atoms with Crippen molar-refractivity contribution in [1.82, 2.24) is 0 Å². The molecule has 30 heavy (non-hydrogen) atoms. The molecule has 0 aliphatic heterocycles. The molecule has 0 radical (unpaired) electrons. The Morgan fingerprint density at radius 3 is 2.10 bits per heavy atom. The van der Waals surface area contributed by atoms with Gasteiger partial charge in [0.15, 0.2) is 0 Å². The third kappa shape index (κ3) is 5.68. The fourth-order valence-corrected chi connectivity index (χ4v) is 3.99. The number of sulfonamides is 1. The number of hydrogen-bond donors (Lipinski definition) is 3. The van der Waals surface area contributed by atoms with Crippen LogP contribution in [0.1, 0.15) is 17.3 Å². The number of hydrogen-bond acceptors (Lipinski definition) is 4. The smallest absolute Gasteiger partial charge is 0.261 e. The van der Waals surface area contributed by atoms with E-state index in [0.29, 0.717) is 22.6 Å². The molecule has 7 nitrogen and oxygen atoms in total. The van der Waals surface area contributed by atoms with Crippen molar-refractivity contribution in [3.8, 4) is 0 Å². The molecule has 3 aromatic carbocycles. The third-order valence-corrected chi connectivity index (χ3v) is 5.85.